The zero-order chi connectivity index (χ0) is 19.6. The van der Waals surface area contributed by atoms with Crippen LogP contribution in [0, 0.1) is 5.82 Å². The molecular formula is C19H16Cl2FNO4. The van der Waals surface area contributed by atoms with E-state index in [1.165, 1.54) is 42.3 Å². The standard InChI is InChI=1S/C19H16Cl2FNO4/c1-26-19(25)16-9-12(27-17-5-3-2-4-15(17)22)10-23(16)18(24)13-7-6-11(20)8-14(13)21/h2-8,12,16H,9-10H2,1H3. The van der Waals surface area contributed by atoms with Gasteiger partial charge in [0, 0.05) is 11.4 Å². The molecular weight excluding hydrogens is 396 g/mol. The van der Waals surface area contributed by atoms with Gasteiger partial charge in [0.25, 0.3) is 5.91 Å². The van der Waals surface area contributed by atoms with Crippen molar-refractivity contribution in [2.75, 3.05) is 13.7 Å². The van der Waals surface area contributed by atoms with E-state index in [9.17, 15) is 14.0 Å². The number of esters is 1. The summed E-state index contributed by atoms with van der Waals surface area (Å²) in [7, 11) is 1.24. The monoisotopic (exact) mass is 411 g/mol. The molecule has 1 fully saturated rings. The SMILES string of the molecule is COC(=O)C1CC(Oc2ccccc2F)CN1C(=O)c1ccc(Cl)cc1Cl. The molecule has 0 radical (unpaired) electrons. The molecule has 1 amide bonds. The van der Waals surface area contributed by atoms with Gasteiger partial charge < -0.3 is 14.4 Å². The Morgan fingerprint density at radius 3 is 2.59 bits per heavy atom. The summed E-state index contributed by atoms with van der Waals surface area (Å²) >= 11 is 12.0. The van der Waals surface area contributed by atoms with Gasteiger partial charge in [-0.1, -0.05) is 35.3 Å². The maximum atomic E-state index is 13.8. The Morgan fingerprint density at radius 1 is 1.19 bits per heavy atom. The molecule has 3 rings (SSSR count). The second-order valence-corrected chi connectivity index (χ2v) is 6.87. The lowest BCUT2D eigenvalue weighted by atomic mass is 10.1. The van der Waals surface area contributed by atoms with E-state index in [2.05, 4.69) is 0 Å². The fourth-order valence-electron chi connectivity index (χ4n) is 3.00. The number of carbonyl (C=O) groups excluding carboxylic acids is 2. The maximum absolute atomic E-state index is 13.8. The number of amides is 1. The van der Waals surface area contributed by atoms with E-state index in [1.54, 1.807) is 12.1 Å². The minimum Gasteiger partial charge on any atom is -0.485 e. The number of hydrogen-bond donors (Lipinski definition) is 0. The van der Waals surface area contributed by atoms with Crippen LogP contribution in [0.15, 0.2) is 42.5 Å². The third kappa shape index (κ3) is 4.17. The quantitative estimate of drug-likeness (QED) is 0.714. The van der Waals surface area contributed by atoms with Crippen molar-refractivity contribution >= 4 is 35.1 Å². The molecule has 0 saturated carbocycles. The third-order valence-electron chi connectivity index (χ3n) is 4.29. The van der Waals surface area contributed by atoms with Crippen LogP contribution in [0.2, 0.25) is 10.0 Å². The van der Waals surface area contributed by atoms with Crippen molar-refractivity contribution in [2.24, 2.45) is 0 Å². The first kappa shape index (κ1) is 19.5. The predicted octanol–water partition coefficient (Wildman–Crippen LogP) is 3.97. The van der Waals surface area contributed by atoms with E-state index in [1.807, 2.05) is 0 Å². The molecule has 2 aromatic rings. The van der Waals surface area contributed by atoms with E-state index in [0.717, 1.165) is 0 Å². The van der Waals surface area contributed by atoms with Gasteiger partial charge >= 0.3 is 5.97 Å². The van der Waals surface area contributed by atoms with Crippen LogP contribution >= 0.6 is 23.2 Å². The van der Waals surface area contributed by atoms with Crippen LogP contribution in [0.25, 0.3) is 0 Å². The zero-order valence-corrected chi connectivity index (χ0v) is 15.8. The van der Waals surface area contributed by atoms with Crippen molar-refractivity contribution in [2.45, 2.75) is 18.6 Å². The van der Waals surface area contributed by atoms with Crippen molar-refractivity contribution in [3.05, 3.63) is 63.9 Å². The minimum absolute atomic E-state index is 0.0601. The average Bonchev–Trinajstić information content (AvgIpc) is 3.06. The predicted molar refractivity (Wildman–Crippen MR) is 98.7 cm³/mol. The number of likely N-dealkylation sites (tertiary alicyclic amines) is 1. The number of para-hydroxylation sites is 1. The highest BCUT2D eigenvalue weighted by atomic mass is 35.5. The Balaban J connectivity index is 1.84. The lowest BCUT2D eigenvalue weighted by Crippen LogP contribution is -2.41. The van der Waals surface area contributed by atoms with Crippen molar-refractivity contribution in [1.29, 1.82) is 0 Å². The molecule has 0 aliphatic carbocycles. The molecule has 1 aliphatic rings. The molecule has 1 aliphatic heterocycles. The Hall–Kier alpha value is -2.31. The fraction of sp³-hybridized carbons (Fsp3) is 0.263. The molecule has 0 bridgehead atoms. The summed E-state index contributed by atoms with van der Waals surface area (Å²) in [6.07, 6.45) is -0.390. The Kier molecular flexibility index (Phi) is 5.87. The number of ether oxygens (including phenoxy) is 2. The average molecular weight is 412 g/mol. The number of benzene rings is 2. The van der Waals surface area contributed by atoms with Crippen LogP contribution < -0.4 is 4.74 Å². The summed E-state index contributed by atoms with van der Waals surface area (Å²) in [5.41, 5.74) is 0.210. The van der Waals surface area contributed by atoms with Gasteiger partial charge in [0.1, 0.15) is 12.1 Å². The number of methoxy groups -OCH3 is 1. The van der Waals surface area contributed by atoms with Crippen LogP contribution in [-0.4, -0.2) is 42.6 Å². The molecule has 27 heavy (non-hydrogen) atoms. The molecule has 2 atom stereocenters. The Bertz CT molecular complexity index is 877. The second-order valence-electron chi connectivity index (χ2n) is 6.03. The van der Waals surface area contributed by atoms with E-state index in [-0.39, 0.29) is 29.3 Å². The topological polar surface area (TPSA) is 55.8 Å². The van der Waals surface area contributed by atoms with Crippen LogP contribution in [-0.2, 0) is 9.53 Å². The van der Waals surface area contributed by atoms with Gasteiger partial charge in [-0.15, -0.1) is 0 Å². The van der Waals surface area contributed by atoms with Gasteiger partial charge in [0.2, 0.25) is 0 Å². The molecule has 0 spiro atoms. The van der Waals surface area contributed by atoms with Crippen molar-refractivity contribution in [1.82, 2.24) is 4.90 Å². The van der Waals surface area contributed by atoms with Crippen LogP contribution in [0.3, 0.4) is 0 Å². The molecule has 2 aromatic carbocycles. The van der Waals surface area contributed by atoms with E-state index in [0.29, 0.717) is 5.02 Å². The van der Waals surface area contributed by atoms with Gasteiger partial charge in [0.15, 0.2) is 11.6 Å². The maximum Gasteiger partial charge on any atom is 0.328 e. The molecule has 1 saturated heterocycles. The lowest BCUT2D eigenvalue weighted by Gasteiger charge is -2.22. The van der Waals surface area contributed by atoms with Gasteiger partial charge in [-0.25, -0.2) is 9.18 Å². The highest BCUT2D eigenvalue weighted by Crippen LogP contribution is 2.29. The number of carbonyl (C=O) groups is 2. The number of rotatable bonds is 4. The number of halogens is 3. The molecule has 0 N–H and O–H groups in total. The molecule has 2 unspecified atom stereocenters. The summed E-state index contributed by atoms with van der Waals surface area (Å²) in [5.74, 6) is -1.48. The summed E-state index contributed by atoms with van der Waals surface area (Å²) in [5, 5.41) is 0.567. The van der Waals surface area contributed by atoms with Gasteiger partial charge in [-0.05, 0) is 30.3 Å². The smallest absolute Gasteiger partial charge is 0.328 e. The summed E-state index contributed by atoms with van der Waals surface area (Å²) in [6, 6.07) is 9.58. The largest absolute Gasteiger partial charge is 0.485 e. The summed E-state index contributed by atoms with van der Waals surface area (Å²) in [6.45, 7) is 0.0892. The molecule has 142 valence electrons. The second kappa shape index (κ2) is 8.15. The van der Waals surface area contributed by atoms with Gasteiger partial charge in [-0.3, -0.25) is 4.79 Å². The number of hydrogen-bond acceptors (Lipinski definition) is 4. The van der Waals surface area contributed by atoms with Crippen LogP contribution in [0.1, 0.15) is 16.8 Å². The third-order valence-corrected chi connectivity index (χ3v) is 4.84. The minimum atomic E-state index is -0.856. The number of nitrogens with zero attached hydrogens (tertiary/aromatic N) is 1. The van der Waals surface area contributed by atoms with Gasteiger partial charge in [-0.2, -0.15) is 0 Å². The van der Waals surface area contributed by atoms with Crippen LogP contribution in [0.4, 0.5) is 4.39 Å². The zero-order valence-electron chi connectivity index (χ0n) is 14.3. The Labute approximate surface area is 165 Å². The molecule has 8 heteroatoms. The first-order chi connectivity index (χ1) is 12.9. The highest BCUT2D eigenvalue weighted by molar-refractivity contribution is 6.36. The summed E-state index contributed by atoms with van der Waals surface area (Å²) < 4.78 is 24.3. The summed E-state index contributed by atoms with van der Waals surface area (Å²) in [4.78, 5) is 26.4. The lowest BCUT2D eigenvalue weighted by molar-refractivity contribution is -0.145. The highest BCUT2D eigenvalue weighted by Gasteiger charge is 2.42. The first-order valence-electron chi connectivity index (χ1n) is 8.15. The van der Waals surface area contributed by atoms with E-state index in [4.69, 9.17) is 32.7 Å². The first-order valence-corrected chi connectivity index (χ1v) is 8.91. The van der Waals surface area contributed by atoms with Crippen LogP contribution in [0.5, 0.6) is 5.75 Å². The van der Waals surface area contributed by atoms with E-state index < -0.39 is 29.8 Å². The van der Waals surface area contributed by atoms with Crippen molar-refractivity contribution < 1.29 is 23.5 Å². The molecule has 5 nitrogen and oxygen atoms in total. The van der Waals surface area contributed by atoms with Crippen molar-refractivity contribution in [3.8, 4) is 5.75 Å². The van der Waals surface area contributed by atoms with E-state index >= 15 is 0 Å². The fourth-order valence-corrected chi connectivity index (χ4v) is 3.49. The van der Waals surface area contributed by atoms with Crippen molar-refractivity contribution in [3.63, 3.8) is 0 Å². The molecule has 1 heterocycles. The Morgan fingerprint density at radius 2 is 1.93 bits per heavy atom. The molecule has 0 aromatic heterocycles. The van der Waals surface area contributed by atoms with Gasteiger partial charge in [0.05, 0.1) is 24.2 Å². The normalized spacial score (nSPS) is 19.0.